The quantitative estimate of drug-likeness (QED) is 0.840. The molecule has 19 heavy (non-hydrogen) atoms. The second kappa shape index (κ2) is 5.69. The molecule has 4 nitrogen and oxygen atoms in total. The molecule has 0 unspecified atom stereocenters. The van der Waals surface area contributed by atoms with Gasteiger partial charge in [-0.25, -0.2) is 0 Å². The number of hydrogen-bond acceptors (Lipinski definition) is 2. The lowest BCUT2D eigenvalue weighted by molar-refractivity contribution is -0.131. The predicted octanol–water partition coefficient (Wildman–Crippen LogP) is 1.87. The number of pyridine rings is 1. The molecule has 0 aliphatic carbocycles. The number of rotatable bonds is 4. The Morgan fingerprint density at radius 1 is 1.11 bits per heavy atom. The fraction of sp³-hybridized carbons (Fsp3) is 0.333. The number of benzene rings is 1. The first-order valence-corrected chi connectivity index (χ1v) is 6.53. The summed E-state index contributed by atoms with van der Waals surface area (Å²) in [5, 5.41) is 0.967. The SMILES string of the molecule is CCN(CC)C(=O)Cn1c(=O)ccc2ccccc21. The highest BCUT2D eigenvalue weighted by molar-refractivity contribution is 5.82. The Hall–Kier alpha value is -2.10. The smallest absolute Gasteiger partial charge is 0.251 e. The second-order valence-electron chi connectivity index (χ2n) is 4.38. The van der Waals surface area contributed by atoms with Gasteiger partial charge in [0.1, 0.15) is 6.54 Å². The largest absolute Gasteiger partial charge is 0.342 e. The van der Waals surface area contributed by atoms with Crippen LogP contribution < -0.4 is 5.56 Å². The third-order valence-electron chi connectivity index (χ3n) is 3.31. The van der Waals surface area contributed by atoms with Gasteiger partial charge in [0.2, 0.25) is 5.91 Å². The van der Waals surface area contributed by atoms with E-state index in [1.165, 1.54) is 10.6 Å². The normalized spacial score (nSPS) is 10.6. The fourth-order valence-corrected chi connectivity index (χ4v) is 2.22. The van der Waals surface area contributed by atoms with E-state index in [0.29, 0.717) is 13.1 Å². The summed E-state index contributed by atoms with van der Waals surface area (Å²) in [6.45, 7) is 5.30. The molecule has 2 rings (SSSR count). The van der Waals surface area contributed by atoms with Crippen LogP contribution in [0.25, 0.3) is 10.9 Å². The van der Waals surface area contributed by atoms with Gasteiger partial charge in [-0.1, -0.05) is 18.2 Å². The summed E-state index contributed by atoms with van der Waals surface area (Å²) in [6.07, 6.45) is 0. The van der Waals surface area contributed by atoms with Gasteiger partial charge in [-0.15, -0.1) is 0 Å². The van der Waals surface area contributed by atoms with Crippen molar-refractivity contribution in [2.24, 2.45) is 0 Å². The molecule has 4 heteroatoms. The predicted molar refractivity (Wildman–Crippen MR) is 76.1 cm³/mol. The fourth-order valence-electron chi connectivity index (χ4n) is 2.22. The number of para-hydroxylation sites is 1. The standard InChI is InChI=1S/C15H18N2O2/c1-3-16(4-2)15(19)11-17-13-8-6-5-7-12(13)9-10-14(17)18/h5-10H,3-4,11H2,1-2H3. The van der Waals surface area contributed by atoms with Crippen molar-refractivity contribution in [1.29, 1.82) is 0 Å². The lowest BCUT2D eigenvalue weighted by atomic mass is 10.2. The van der Waals surface area contributed by atoms with E-state index in [0.717, 1.165) is 10.9 Å². The van der Waals surface area contributed by atoms with Gasteiger partial charge in [0, 0.05) is 19.2 Å². The van der Waals surface area contributed by atoms with Gasteiger partial charge in [-0.05, 0) is 31.4 Å². The lowest BCUT2D eigenvalue weighted by Crippen LogP contribution is -2.36. The molecule has 0 fully saturated rings. The maximum absolute atomic E-state index is 12.1. The highest BCUT2D eigenvalue weighted by Gasteiger charge is 2.12. The van der Waals surface area contributed by atoms with Crippen LogP contribution >= 0.6 is 0 Å². The third kappa shape index (κ3) is 2.67. The number of nitrogens with zero attached hydrogens (tertiary/aromatic N) is 2. The summed E-state index contributed by atoms with van der Waals surface area (Å²) in [5.41, 5.74) is 0.662. The van der Waals surface area contributed by atoms with Gasteiger partial charge in [-0.2, -0.15) is 0 Å². The van der Waals surface area contributed by atoms with Crippen molar-refractivity contribution in [3.05, 3.63) is 46.8 Å². The van der Waals surface area contributed by atoms with Crippen LogP contribution in [0.1, 0.15) is 13.8 Å². The number of carbonyl (C=O) groups excluding carboxylic acids is 1. The minimum atomic E-state index is -0.140. The van der Waals surface area contributed by atoms with Crippen LogP contribution in [0.15, 0.2) is 41.2 Å². The molecule has 100 valence electrons. The first-order chi connectivity index (χ1) is 9.17. The lowest BCUT2D eigenvalue weighted by Gasteiger charge is -2.19. The number of fused-ring (bicyclic) bond motifs is 1. The van der Waals surface area contributed by atoms with Crippen LogP contribution in [0.3, 0.4) is 0 Å². The average molecular weight is 258 g/mol. The minimum Gasteiger partial charge on any atom is -0.342 e. The van der Waals surface area contributed by atoms with E-state index in [4.69, 9.17) is 0 Å². The molecule has 1 aromatic carbocycles. The zero-order chi connectivity index (χ0) is 13.8. The van der Waals surface area contributed by atoms with E-state index in [2.05, 4.69) is 0 Å². The van der Waals surface area contributed by atoms with E-state index in [1.807, 2.05) is 38.1 Å². The summed E-state index contributed by atoms with van der Waals surface area (Å²) >= 11 is 0. The molecule has 0 saturated carbocycles. The van der Waals surface area contributed by atoms with Crippen LogP contribution in [0.4, 0.5) is 0 Å². The Labute approximate surface area is 112 Å². The molecule has 0 atom stereocenters. The minimum absolute atomic E-state index is 0.0246. The number of likely N-dealkylation sites (N-methyl/N-ethyl adjacent to an activating group) is 1. The Bertz CT molecular complexity index is 642. The Morgan fingerprint density at radius 3 is 2.47 bits per heavy atom. The molecule has 1 amide bonds. The molecule has 0 bridgehead atoms. The van der Waals surface area contributed by atoms with E-state index >= 15 is 0 Å². The Balaban J connectivity index is 2.42. The van der Waals surface area contributed by atoms with Crippen LogP contribution in [0, 0.1) is 0 Å². The monoisotopic (exact) mass is 258 g/mol. The molecule has 0 aliphatic rings. The van der Waals surface area contributed by atoms with Gasteiger partial charge >= 0.3 is 0 Å². The maximum atomic E-state index is 12.1. The van der Waals surface area contributed by atoms with E-state index in [9.17, 15) is 9.59 Å². The van der Waals surface area contributed by atoms with Gasteiger partial charge in [0.25, 0.3) is 5.56 Å². The number of carbonyl (C=O) groups is 1. The maximum Gasteiger partial charge on any atom is 0.251 e. The molecule has 1 aromatic heterocycles. The van der Waals surface area contributed by atoms with E-state index < -0.39 is 0 Å². The average Bonchev–Trinajstić information content (AvgIpc) is 2.43. The van der Waals surface area contributed by atoms with Crippen molar-refractivity contribution in [2.45, 2.75) is 20.4 Å². The van der Waals surface area contributed by atoms with Crippen LogP contribution in [-0.2, 0) is 11.3 Å². The molecule has 1 heterocycles. The molecule has 0 aliphatic heterocycles. The van der Waals surface area contributed by atoms with Crippen LogP contribution in [-0.4, -0.2) is 28.5 Å². The highest BCUT2D eigenvalue weighted by Crippen LogP contribution is 2.11. The zero-order valence-electron chi connectivity index (χ0n) is 11.3. The molecule has 2 aromatic rings. The highest BCUT2D eigenvalue weighted by atomic mass is 16.2. The number of hydrogen-bond donors (Lipinski definition) is 0. The van der Waals surface area contributed by atoms with Crippen molar-refractivity contribution in [3.8, 4) is 0 Å². The third-order valence-corrected chi connectivity index (χ3v) is 3.31. The summed E-state index contributed by atoms with van der Waals surface area (Å²) in [5.74, 6) is -0.0246. The van der Waals surface area contributed by atoms with Crippen molar-refractivity contribution in [3.63, 3.8) is 0 Å². The molecular formula is C15H18N2O2. The topological polar surface area (TPSA) is 42.3 Å². The second-order valence-corrected chi connectivity index (χ2v) is 4.38. The number of aromatic nitrogens is 1. The molecule has 0 saturated heterocycles. The van der Waals surface area contributed by atoms with Crippen molar-refractivity contribution < 1.29 is 4.79 Å². The van der Waals surface area contributed by atoms with Gasteiger partial charge in [0.15, 0.2) is 0 Å². The summed E-state index contributed by atoms with van der Waals surface area (Å²) in [6, 6.07) is 10.9. The van der Waals surface area contributed by atoms with Crippen LogP contribution in [0.2, 0.25) is 0 Å². The van der Waals surface area contributed by atoms with Crippen molar-refractivity contribution in [1.82, 2.24) is 9.47 Å². The zero-order valence-corrected chi connectivity index (χ0v) is 11.3. The first kappa shape index (κ1) is 13.3. The van der Waals surface area contributed by atoms with E-state index in [1.54, 1.807) is 11.0 Å². The molecule has 0 spiro atoms. The van der Waals surface area contributed by atoms with Gasteiger partial charge in [-0.3, -0.25) is 14.2 Å². The Kier molecular flexibility index (Phi) is 4.00. The Morgan fingerprint density at radius 2 is 1.79 bits per heavy atom. The first-order valence-electron chi connectivity index (χ1n) is 6.53. The van der Waals surface area contributed by atoms with Crippen molar-refractivity contribution >= 4 is 16.8 Å². The molecule has 0 radical (unpaired) electrons. The molecular weight excluding hydrogens is 240 g/mol. The van der Waals surface area contributed by atoms with Crippen LogP contribution in [0.5, 0.6) is 0 Å². The molecule has 0 N–H and O–H groups in total. The van der Waals surface area contributed by atoms with Gasteiger partial charge < -0.3 is 4.90 Å². The van der Waals surface area contributed by atoms with Crippen molar-refractivity contribution in [2.75, 3.05) is 13.1 Å². The summed E-state index contributed by atoms with van der Waals surface area (Å²) < 4.78 is 1.54. The summed E-state index contributed by atoms with van der Waals surface area (Å²) in [4.78, 5) is 25.8. The summed E-state index contributed by atoms with van der Waals surface area (Å²) in [7, 11) is 0. The van der Waals surface area contributed by atoms with E-state index in [-0.39, 0.29) is 18.0 Å². The number of amides is 1. The van der Waals surface area contributed by atoms with Gasteiger partial charge in [0.05, 0.1) is 5.52 Å².